The number of halogens is 1. The summed E-state index contributed by atoms with van der Waals surface area (Å²) in [7, 11) is 0. The SMILES string of the molecule is CC[C@@H](C)N1Cc2ccccc2N(CC)[C@H]1c1ccccc1F. The van der Waals surface area contributed by atoms with Gasteiger partial charge in [-0.2, -0.15) is 0 Å². The van der Waals surface area contributed by atoms with Gasteiger partial charge in [-0.05, 0) is 38.0 Å². The van der Waals surface area contributed by atoms with E-state index in [1.807, 2.05) is 12.1 Å². The highest BCUT2D eigenvalue weighted by Gasteiger charge is 2.35. The zero-order valence-corrected chi connectivity index (χ0v) is 14.2. The fourth-order valence-electron chi connectivity index (χ4n) is 3.52. The van der Waals surface area contributed by atoms with Crippen molar-refractivity contribution in [1.82, 2.24) is 4.90 Å². The van der Waals surface area contributed by atoms with Gasteiger partial charge in [0, 0.05) is 30.4 Å². The lowest BCUT2D eigenvalue weighted by molar-refractivity contribution is 0.114. The molecular formula is C20H25FN2. The van der Waals surface area contributed by atoms with Gasteiger partial charge in [0.2, 0.25) is 0 Å². The van der Waals surface area contributed by atoms with Gasteiger partial charge in [-0.25, -0.2) is 4.39 Å². The summed E-state index contributed by atoms with van der Waals surface area (Å²) in [4.78, 5) is 4.74. The Morgan fingerprint density at radius 2 is 1.78 bits per heavy atom. The van der Waals surface area contributed by atoms with Gasteiger partial charge in [0.05, 0.1) is 0 Å². The van der Waals surface area contributed by atoms with Crippen molar-refractivity contribution < 1.29 is 4.39 Å². The van der Waals surface area contributed by atoms with Crippen LogP contribution in [0.3, 0.4) is 0 Å². The number of benzene rings is 2. The summed E-state index contributed by atoms with van der Waals surface area (Å²) in [5, 5.41) is 0. The molecule has 0 fully saturated rings. The molecule has 2 atom stereocenters. The minimum atomic E-state index is -0.122. The number of hydrogen-bond donors (Lipinski definition) is 0. The van der Waals surface area contributed by atoms with Gasteiger partial charge in [-0.3, -0.25) is 4.90 Å². The predicted molar refractivity (Wildman–Crippen MR) is 93.9 cm³/mol. The fraction of sp³-hybridized carbons (Fsp3) is 0.400. The van der Waals surface area contributed by atoms with E-state index < -0.39 is 0 Å². The van der Waals surface area contributed by atoms with Crippen LogP contribution in [0.1, 0.15) is 44.5 Å². The monoisotopic (exact) mass is 312 g/mol. The summed E-state index contributed by atoms with van der Waals surface area (Å²) in [6.07, 6.45) is 0.996. The van der Waals surface area contributed by atoms with E-state index in [-0.39, 0.29) is 12.0 Å². The summed E-state index contributed by atoms with van der Waals surface area (Å²) < 4.78 is 14.5. The van der Waals surface area contributed by atoms with Gasteiger partial charge in [0.25, 0.3) is 0 Å². The molecule has 3 heteroatoms. The molecule has 0 N–H and O–H groups in total. The minimum Gasteiger partial charge on any atom is -0.352 e. The van der Waals surface area contributed by atoms with Crippen LogP contribution in [0, 0.1) is 5.82 Å². The molecule has 0 bridgehead atoms. The Morgan fingerprint density at radius 3 is 2.48 bits per heavy atom. The number of hydrogen-bond acceptors (Lipinski definition) is 2. The molecule has 0 unspecified atom stereocenters. The molecule has 0 spiro atoms. The van der Waals surface area contributed by atoms with Crippen molar-refractivity contribution >= 4 is 5.69 Å². The Bertz CT molecular complexity index is 670. The van der Waals surface area contributed by atoms with Crippen LogP contribution in [0.5, 0.6) is 0 Å². The first-order valence-corrected chi connectivity index (χ1v) is 8.52. The number of para-hydroxylation sites is 1. The van der Waals surface area contributed by atoms with Gasteiger partial charge in [0.1, 0.15) is 12.0 Å². The Balaban J connectivity index is 2.14. The second-order valence-corrected chi connectivity index (χ2v) is 6.24. The van der Waals surface area contributed by atoms with E-state index in [4.69, 9.17) is 0 Å². The van der Waals surface area contributed by atoms with Crippen LogP contribution in [0.2, 0.25) is 0 Å². The summed E-state index contributed by atoms with van der Waals surface area (Å²) in [5.74, 6) is -0.122. The van der Waals surface area contributed by atoms with Gasteiger partial charge in [-0.15, -0.1) is 0 Å². The first-order valence-electron chi connectivity index (χ1n) is 8.52. The quantitative estimate of drug-likeness (QED) is 0.787. The second-order valence-electron chi connectivity index (χ2n) is 6.24. The number of rotatable bonds is 4. The van der Waals surface area contributed by atoms with E-state index in [9.17, 15) is 4.39 Å². The number of anilines is 1. The van der Waals surface area contributed by atoms with E-state index >= 15 is 0 Å². The molecule has 1 aliphatic heterocycles. The molecule has 1 aliphatic rings. The van der Waals surface area contributed by atoms with Gasteiger partial charge < -0.3 is 4.90 Å². The average molecular weight is 312 g/mol. The summed E-state index contributed by atoms with van der Waals surface area (Å²) >= 11 is 0. The molecule has 3 rings (SSSR count). The largest absolute Gasteiger partial charge is 0.352 e. The first-order chi connectivity index (χ1) is 11.2. The molecule has 122 valence electrons. The van der Waals surface area contributed by atoms with Gasteiger partial charge in [-0.1, -0.05) is 43.3 Å². The Hall–Kier alpha value is -1.87. The van der Waals surface area contributed by atoms with Crippen molar-refractivity contribution in [3.8, 4) is 0 Å². The molecule has 23 heavy (non-hydrogen) atoms. The van der Waals surface area contributed by atoms with Crippen LogP contribution in [-0.4, -0.2) is 17.5 Å². The molecular weight excluding hydrogens is 287 g/mol. The van der Waals surface area contributed by atoms with Crippen LogP contribution >= 0.6 is 0 Å². The summed E-state index contributed by atoms with van der Waals surface area (Å²) in [6, 6.07) is 16.1. The maximum atomic E-state index is 14.5. The highest BCUT2D eigenvalue weighted by Crippen LogP contribution is 2.40. The summed E-state index contributed by atoms with van der Waals surface area (Å²) in [5.41, 5.74) is 3.31. The highest BCUT2D eigenvalue weighted by atomic mass is 19.1. The average Bonchev–Trinajstić information content (AvgIpc) is 2.60. The predicted octanol–water partition coefficient (Wildman–Crippen LogP) is 4.96. The Morgan fingerprint density at radius 1 is 1.09 bits per heavy atom. The lowest BCUT2D eigenvalue weighted by atomic mass is 9.99. The minimum absolute atomic E-state index is 0.0500. The third-order valence-corrected chi connectivity index (χ3v) is 4.94. The Labute approximate surface area is 138 Å². The lowest BCUT2D eigenvalue weighted by Gasteiger charge is -2.48. The van der Waals surface area contributed by atoms with Crippen LogP contribution < -0.4 is 4.90 Å². The molecule has 0 radical (unpaired) electrons. The molecule has 0 saturated carbocycles. The molecule has 2 aromatic rings. The first kappa shape index (κ1) is 16.0. The standard InChI is InChI=1S/C20H25FN2/c1-4-15(3)23-14-16-10-6-9-13-19(16)22(5-2)20(23)17-11-7-8-12-18(17)21/h6-13,15,20H,4-5,14H2,1-3H3/t15-,20-/m1/s1. The van der Waals surface area contributed by atoms with Gasteiger partial charge in [0.15, 0.2) is 0 Å². The zero-order valence-electron chi connectivity index (χ0n) is 14.2. The van der Waals surface area contributed by atoms with Crippen LogP contribution in [0.4, 0.5) is 10.1 Å². The third kappa shape index (κ3) is 2.86. The van der Waals surface area contributed by atoms with Crippen molar-refractivity contribution in [3.63, 3.8) is 0 Å². The van der Waals surface area contributed by atoms with E-state index in [2.05, 4.69) is 54.8 Å². The van der Waals surface area contributed by atoms with Crippen LogP contribution in [-0.2, 0) is 6.54 Å². The molecule has 0 amide bonds. The molecule has 0 aromatic heterocycles. The molecule has 0 aliphatic carbocycles. The van der Waals surface area contributed by atoms with Gasteiger partial charge >= 0.3 is 0 Å². The maximum Gasteiger partial charge on any atom is 0.129 e. The van der Waals surface area contributed by atoms with Crippen molar-refractivity contribution in [3.05, 3.63) is 65.5 Å². The van der Waals surface area contributed by atoms with E-state index in [1.54, 1.807) is 12.1 Å². The lowest BCUT2D eigenvalue weighted by Crippen LogP contribution is -2.49. The smallest absolute Gasteiger partial charge is 0.129 e. The van der Waals surface area contributed by atoms with E-state index in [1.165, 1.54) is 11.3 Å². The fourth-order valence-corrected chi connectivity index (χ4v) is 3.52. The molecule has 2 aromatic carbocycles. The molecule has 2 nitrogen and oxygen atoms in total. The summed E-state index contributed by atoms with van der Waals surface area (Å²) in [6.45, 7) is 8.28. The zero-order chi connectivity index (χ0) is 16.4. The molecule has 1 heterocycles. The highest BCUT2D eigenvalue weighted by molar-refractivity contribution is 5.57. The van der Waals surface area contributed by atoms with E-state index in [0.29, 0.717) is 6.04 Å². The van der Waals surface area contributed by atoms with Crippen molar-refractivity contribution in [2.45, 2.75) is 45.9 Å². The number of fused-ring (bicyclic) bond motifs is 1. The van der Waals surface area contributed by atoms with Crippen LogP contribution in [0.25, 0.3) is 0 Å². The molecule has 0 saturated heterocycles. The third-order valence-electron chi connectivity index (χ3n) is 4.94. The normalized spacial score (nSPS) is 19.5. The number of nitrogens with zero attached hydrogens (tertiary/aromatic N) is 2. The van der Waals surface area contributed by atoms with E-state index in [0.717, 1.165) is 25.1 Å². The topological polar surface area (TPSA) is 6.48 Å². The maximum absolute atomic E-state index is 14.5. The van der Waals surface area contributed by atoms with Crippen molar-refractivity contribution in [2.24, 2.45) is 0 Å². The second kappa shape index (κ2) is 6.71. The van der Waals surface area contributed by atoms with Crippen molar-refractivity contribution in [2.75, 3.05) is 11.4 Å². The Kier molecular flexibility index (Phi) is 4.67. The van der Waals surface area contributed by atoms with Crippen molar-refractivity contribution in [1.29, 1.82) is 0 Å². The van der Waals surface area contributed by atoms with Crippen LogP contribution in [0.15, 0.2) is 48.5 Å².